The van der Waals surface area contributed by atoms with Crippen molar-refractivity contribution in [3.8, 4) is 0 Å². The van der Waals surface area contributed by atoms with E-state index < -0.39 is 5.82 Å². The molecule has 3 N–H and O–H groups in total. The second-order valence-corrected chi connectivity index (χ2v) is 5.59. The summed E-state index contributed by atoms with van der Waals surface area (Å²) in [4.78, 5) is 14.0. The van der Waals surface area contributed by atoms with Crippen molar-refractivity contribution in [2.75, 3.05) is 13.1 Å². The molecule has 108 valence electrons. The summed E-state index contributed by atoms with van der Waals surface area (Å²) >= 11 is 3.25. The number of amidine groups is 1. The second kappa shape index (κ2) is 6.21. The highest BCUT2D eigenvalue weighted by molar-refractivity contribution is 9.10. The van der Waals surface area contributed by atoms with Crippen LogP contribution in [0.25, 0.3) is 0 Å². The summed E-state index contributed by atoms with van der Waals surface area (Å²) in [7, 11) is 0. The first kappa shape index (κ1) is 14.8. The average molecular weight is 344 g/mol. The molecule has 0 radical (unpaired) electrons. The number of halogens is 2. The van der Waals surface area contributed by atoms with Crippen LogP contribution in [0.5, 0.6) is 0 Å². The number of carbonyl (C=O) groups is 1. The van der Waals surface area contributed by atoms with Gasteiger partial charge >= 0.3 is 0 Å². The number of rotatable bonds is 2. The molecule has 0 spiro atoms. The fourth-order valence-electron chi connectivity index (χ4n) is 2.32. The van der Waals surface area contributed by atoms with Crippen molar-refractivity contribution < 1.29 is 14.4 Å². The van der Waals surface area contributed by atoms with Crippen LogP contribution in [0.15, 0.2) is 27.8 Å². The summed E-state index contributed by atoms with van der Waals surface area (Å²) < 4.78 is 13.8. The van der Waals surface area contributed by atoms with Crippen LogP contribution in [0.1, 0.15) is 23.2 Å². The van der Waals surface area contributed by atoms with Crippen LogP contribution in [0, 0.1) is 11.7 Å². The molecule has 0 bridgehead atoms. The van der Waals surface area contributed by atoms with Crippen molar-refractivity contribution in [3.63, 3.8) is 0 Å². The zero-order chi connectivity index (χ0) is 14.7. The van der Waals surface area contributed by atoms with Crippen LogP contribution in [-0.2, 0) is 0 Å². The molecule has 20 heavy (non-hydrogen) atoms. The third-order valence-corrected chi connectivity index (χ3v) is 4.09. The van der Waals surface area contributed by atoms with Crippen molar-refractivity contribution in [2.24, 2.45) is 16.8 Å². The zero-order valence-corrected chi connectivity index (χ0v) is 12.3. The number of oxime groups is 1. The molecule has 2 rings (SSSR count). The first-order valence-corrected chi connectivity index (χ1v) is 7.04. The van der Waals surface area contributed by atoms with Gasteiger partial charge in [-0.05, 0) is 47.0 Å². The predicted molar refractivity (Wildman–Crippen MR) is 76.1 cm³/mol. The van der Waals surface area contributed by atoms with Gasteiger partial charge in [0.2, 0.25) is 0 Å². The largest absolute Gasteiger partial charge is 0.409 e. The fraction of sp³-hybridized carbons (Fsp3) is 0.385. The maximum absolute atomic E-state index is 13.3. The molecule has 7 heteroatoms. The Labute approximate surface area is 124 Å². The van der Waals surface area contributed by atoms with E-state index in [0.717, 1.165) is 12.8 Å². The van der Waals surface area contributed by atoms with Crippen LogP contribution in [0.2, 0.25) is 0 Å². The van der Waals surface area contributed by atoms with E-state index in [9.17, 15) is 9.18 Å². The summed E-state index contributed by atoms with van der Waals surface area (Å²) in [6, 6.07) is 4.00. The average Bonchev–Trinajstić information content (AvgIpc) is 2.48. The van der Waals surface area contributed by atoms with Gasteiger partial charge in [0.05, 0.1) is 5.56 Å². The van der Waals surface area contributed by atoms with Crippen LogP contribution in [0.4, 0.5) is 4.39 Å². The number of hydrogen-bond donors (Lipinski definition) is 2. The lowest BCUT2D eigenvalue weighted by Crippen LogP contribution is -2.44. The van der Waals surface area contributed by atoms with E-state index >= 15 is 0 Å². The number of benzene rings is 1. The second-order valence-electron chi connectivity index (χ2n) is 4.74. The third-order valence-electron chi connectivity index (χ3n) is 3.40. The summed E-state index contributed by atoms with van der Waals surface area (Å²) in [5, 5.41) is 11.7. The van der Waals surface area contributed by atoms with Gasteiger partial charge in [-0.15, -0.1) is 0 Å². The van der Waals surface area contributed by atoms with Gasteiger partial charge < -0.3 is 15.8 Å². The van der Waals surface area contributed by atoms with Crippen molar-refractivity contribution in [3.05, 3.63) is 34.1 Å². The number of nitrogens with zero attached hydrogens (tertiary/aromatic N) is 2. The lowest BCUT2D eigenvalue weighted by Gasteiger charge is -2.32. The van der Waals surface area contributed by atoms with E-state index in [1.54, 1.807) is 4.90 Å². The zero-order valence-electron chi connectivity index (χ0n) is 10.7. The fourth-order valence-corrected chi connectivity index (χ4v) is 2.73. The topological polar surface area (TPSA) is 78.9 Å². The molecular formula is C13H15BrFN3O2. The number of amides is 1. The molecule has 1 aliphatic heterocycles. The highest BCUT2D eigenvalue weighted by atomic mass is 79.9. The molecule has 1 saturated heterocycles. The quantitative estimate of drug-likeness (QED) is 0.374. The van der Waals surface area contributed by atoms with Crippen LogP contribution in [0.3, 0.4) is 0 Å². The Morgan fingerprint density at radius 2 is 2.30 bits per heavy atom. The molecule has 1 unspecified atom stereocenters. The number of likely N-dealkylation sites (tertiary alicyclic amines) is 1. The first-order chi connectivity index (χ1) is 9.52. The van der Waals surface area contributed by atoms with E-state index in [0.29, 0.717) is 17.6 Å². The molecule has 1 fully saturated rings. The van der Waals surface area contributed by atoms with Crippen LogP contribution >= 0.6 is 15.9 Å². The Morgan fingerprint density at radius 3 is 3.00 bits per heavy atom. The lowest BCUT2D eigenvalue weighted by atomic mass is 9.96. The maximum atomic E-state index is 13.3. The Hall–Kier alpha value is -1.63. The van der Waals surface area contributed by atoms with Gasteiger partial charge in [0.25, 0.3) is 5.91 Å². The van der Waals surface area contributed by atoms with Crippen molar-refractivity contribution in [1.29, 1.82) is 0 Å². The molecule has 1 aromatic carbocycles. The van der Waals surface area contributed by atoms with Crippen molar-refractivity contribution in [1.82, 2.24) is 4.90 Å². The molecular weight excluding hydrogens is 329 g/mol. The number of nitrogens with two attached hydrogens (primary N) is 1. The molecule has 1 atom stereocenters. The van der Waals surface area contributed by atoms with Crippen LogP contribution in [-0.4, -0.2) is 34.9 Å². The summed E-state index contributed by atoms with van der Waals surface area (Å²) in [6.07, 6.45) is 1.53. The van der Waals surface area contributed by atoms with E-state index in [2.05, 4.69) is 21.1 Å². The van der Waals surface area contributed by atoms with E-state index in [-0.39, 0.29) is 23.2 Å². The summed E-state index contributed by atoms with van der Waals surface area (Å²) in [6.45, 7) is 0.953. The lowest BCUT2D eigenvalue weighted by molar-refractivity contribution is 0.0700. The summed E-state index contributed by atoms with van der Waals surface area (Å²) in [5.41, 5.74) is 5.88. The smallest absolute Gasteiger partial charge is 0.255 e. The summed E-state index contributed by atoms with van der Waals surface area (Å²) in [5.74, 6) is -0.751. The highest BCUT2D eigenvalue weighted by Gasteiger charge is 2.27. The van der Waals surface area contributed by atoms with Gasteiger partial charge in [-0.25, -0.2) is 4.39 Å². The van der Waals surface area contributed by atoms with Crippen molar-refractivity contribution in [2.45, 2.75) is 12.8 Å². The standard InChI is InChI=1S/C13H15BrFN3O2/c14-11-4-3-9(15)6-10(11)13(19)18-5-1-2-8(7-18)12(16)17-20/h3-4,6,8,20H,1-2,5,7H2,(H2,16,17). The molecule has 0 aliphatic carbocycles. The minimum absolute atomic E-state index is 0.126. The van der Waals surface area contributed by atoms with Crippen LogP contribution < -0.4 is 5.73 Å². The van der Waals surface area contributed by atoms with E-state index in [1.165, 1.54) is 18.2 Å². The van der Waals surface area contributed by atoms with Gasteiger partial charge in [-0.1, -0.05) is 5.16 Å². The van der Waals surface area contributed by atoms with E-state index in [4.69, 9.17) is 10.9 Å². The number of piperidine rings is 1. The molecule has 1 aliphatic rings. The van der Waals surface area contributed by atoms with Gasteiger partial charge in [0.1, 0.15) is 11.7 Å². The van der Waals surface area contributed by atoms with Gasteiger partial charge in [-0.2, -0.15) is 0 Å². The molecule has 1 heterocycles. The molecule has 0 aromatic heterocycles. The monoisotopic (exact) mass is 343 g/mol. The predicted octanol–water partition coefficient (Wildman–Crippen LogP) is 2.19. The Morgan fingerprint density at radius 1 is 1.55 bits per heavy atom. The molecule has 1 amide bonds. The van der Waals surface area contributed by atoms with Gasteiger partial charge in [-0.3, -0.25) is 4.79 Å². The Kier molecular flexibility index (Phi) is 4.59. The number of hydrogen-bond acceptors (Lipinski definition) is 3. The molecule has 5 nitrogen and oxygen atoms in total. The van der Waals surface area contributed by atoms with E-state index in [1.807, 2.05) is 0 Å². The third kappa shape index (κ3) is 3.09. The van der Waals surface area contributed by atoms with Gasteiger partial charge in [0.15, 0.2) is 0 Å². The highest BCUT2D eigenvalue weighted by Crippen LogP contribution is 2.23. The minimum atomic E-state index is -0.457. The Balaban J connectivity index is 2.18. The normalized spacial score (nSPS) is 20.0. The van der Waals surface area contributed by atoms with Crippen molar-refractivity contribution >= 4 is 27.7 Å². The maximum Gasteiger partial charge on any atom is 0.255 e. The Bertz CT molecular complexity index is 550. The molecule has 1 aromatic rings. The minimum Gasteiger partial charge on any atom is -0.409 e. The first-order valence-electron chi connectivity index (χ1n) is 6.24. The molecule has 0 saturated carbocycles. The number of carbonyl (C=O) groups excluding carboxylic acids is 1. The SMILES string of the molecule is NC(=NO)C1CCCN(C(=O)c2cc(F)ccc2Br)C1. The van der Waals surface area contributed by atoms with Gasteiger partial charge in [0, 0.05) is 23.5 Å².